The van der Waals surface area contributed by atoms with Gasteiger partial charge in [-0.3, -0.25) is 4.55 Å². The summed E-state index contributed by atoms with van der Waals surface area (Å²) in [6, 6.07) is 5.03. The van der Waals surface area contributed by atoms with E-state index in [0.29, 0.717) is 0 Å². The minimum absolute atomic E-state index is 0.232. The van der Waals surface area contributed by atoms with Crippen LogP contribution in [0.3, 0.4) is 0 Å². The van der Waals surface area contributed by atoms with E-state index in [2.05, 4.69) is 6.92 Å². The standard InChI is InChI=1S/C20H30O5S/c1-2-3-4-5-6-7-8-9-10-11-12-13-20(21)25-18-14-16-19(17-15-18)26(22,23)24/h12-17H,2-11H2,1H3,(H,22,23,24). The number of esters is 1. The van der Waals surface area contributed by atoms with Crippen LogP contribution in [-0.2, 0) is 14.9 Å². The van der Waals surface area contributed by atoms with Crippen LogP contribution < -0.4 is 4.74 Å². The molecular weight excluding hydrogens is 352 g/mol. The summed E-state index contributed by atoms with van der Waals surface area (Å²) in [7, 11) is -4.24. The van der Waals surface area contributed by atoms with Crippen molar-refractivity contribution in [2.24, 2.45) is 0 Å². The van der Waals surface area contributed by atoms with Crippen LogP contribution in [0.4, 0.5) is 0 Å². The van der Waals surface area contributed by atoms with Gasteiger partial charge < -0.3 is 4.74 Å². The monoisotopic (exact) mass is 382 g/mol. The van der Waals surface area contributed by atoms with Crippen molar-refractivity contribution in [3.63, 3.8) is 0 Å². The molecule has 26 heavy (non-hydrogen) atoms. The second-order valence-electron chi connectivity index (χ2n) is 6.39. The second kappa shape index (κ2) is 12.7. The van der Waals surface area contributed by atoms with E-state index < -0.39 is 16.1 Å². The first-order chi connectivity index (χ1) is 12.4. The van der Waals surface area contributed by atoms with Gasteiger partial charge in [-0.15, -0.1) is 0 Å². The van der Waals surface area contributed by atoms with E-state index >= 15 is 0 Å². The highest BCUT2D eigenvalue weighted by molar-refractivity contribution is 7.85. The fourth-order valence-electron chi connectivity index (χ4n) is 2.58. The number of carbonyl (C=O) groups is 1. The van der Waals surface area contributed by atoms with E-state index in [4.69, 9.17) is 9.29 Å². The molecule has 0 atom stereocenters. The number of hydrogen-bond acceptors (Lipinski definition) is 4. The van der Waals surface area contributed by atoms with E-state index in [0.717, 1.165) is 12.8 Å². The number of ether oxygens (including phenoxy) is 1. The van der Waals surface area contributed by atoms with E-state index in [1.165, 1.54) is 81.7 Å². The Morgan fingerprint density at radius 3 is 2.04 bits per heavy atom. The first-order valence-electron chi connectivity index (χ1n) is 9.39. The van der Waals surface area contributed by atoms with Crippen LogP contribution in [0, 0.1) is 0 Å². The fraction of sp³-hybridized carbons (Fsp3) is 0.550. The maximum Gasteiger partial charge on any atom is 0.335 e. The van der Waals surface area contributed by atoms with Gasteiger partial charge in [0, 0.05) is 6.08 Å². The lowest BCUT2D eigenvalue weighted by atomic mass is 10.1. The zero-order valence-corrected chi connectivity index (χ0v) is 16.3. The zero-order chi connectivity index (χ0) is 19.3. The molecule has 1 aromatic rings. The van der Waals surface area contributed by atoms with E-state index in [1.807, 2.05) is 0 Å². The Hall–Kier alpha value is -1.66. The molecule has 0 radical (unpaired) electrons. The molecule has 1 N–H and O–H groups in total. The lowest BCUT2D eigenvalue weighted by Crippen LogP contribution is -2.04. The molecule has 146 valence electrons. The van der Waals surface area contributed by atoms with Crippen LogP contribution in [0.2, 0.25) is 0 Å². The highest BCUT2D eigenvalue weighted by Gasteiger charge is 2.09. The Bertz CT molecular complexity index is 647. The van der Waals surface area contributed by atoms with Crippen molar-refractivity contribution in [3.8, 4) is 5.75 Å². The summed E-state index contributed by atoms with van der Waals surface area (Å²) in [6.07, 6.45) is 15.4. The molecule has 0 heterocycles. The number of rotatable bonds is 13. The predicted octanol–water partition coefficient (Wildman–Crippen LogP) is 5.32. The third-order valence-corrected chi connectivity index (χ3v) is 4.94. The average Bonchev–Trinajstić information content (AvgIpc) is 2.59. The van der Waals surface area contributed by atoms with E-state index in [1.54, 1.807) is 6.08 Å². The van der Waals surface area contributed by atoms with Gasteiger partial charge in [-0.05, 0) is 37.1 Å². The maximum absolute atomic E-state index is 11.7. The Morgan fingerprint density at radius 1 is 0.962 bits per heavy atom. The molecule has 0 aliphatic heterocycles. The molecule has 0 unspecified atom stereocenters. The first-order valence-corrected chi connectivity index (χ1v) is 10.8. The van der Waals surface area contributed by atoms with Crippen molar-refractivity contribution >= 4 is 16.1 Å². The summed E-state index contributed by atoms with van der Waals surface area (Å²) >= 11 is 0. The first kappa shape index (κ1) is 22.4. The summed E-state index contributed by atoms with van der Waals surface area (Å²) in [5.41, 5.74) is 0. The molecule has 5 nitrogen and oxygen atoms in total. The van der Waals surface area contributed by atoms with Gasteiger partial charge in [-0.2, -0.15) is 8.42 Å². The quantitative estimate of drug-likeness (QED) is 0.164. The molecule has 0 aromatic heterocycles. The maximum atomic E-state index is 11.7. The second-order valence-corrected chi connectivity index (χ2v) is 7.81. The minimum atomic E-state index is -4.24. The molecule has 0 aliphatic carbocycles. The van der Waals surface area contributed by atoms with Crippen LogP contribution in [0.15, 0.2) is 41.3 Å². The van der Waals surface area contributed by atoms with E-state index in [9.17, 15) is 13.2 Å². The largest absolute Gasteiger partial charge is 0.423 e. The Kier molecular flexibility index (Phi) is 10.9. The smallest absolute Gasteiger partial charge is 0.335 e. The van der Waals surface area contributed by atoms with Gasteiger partial charge in [0.2, 0.25) is 0 Å². The molecule has 1 rings (SSSR count). The molecule has 0 fully saturated rings. The topological polar surface area (TPSA) is 80.7 Å². The summed E-state index contributed by atoms with van der Waals surface area (Å²) < 4.78 is 35.8. The molecule has 6 heteroatoms. The van der Waals surface area contributed by atoms with Crippen molar-refractivity contribution in [2.75, 3.05) is 0 Å². The van der Waals surface area contributed by atoms with Crippen molar-refractivity contribution in [3.05, 3.63) is 36.4 Å². The molecule has 0 saturated heterocycles. The predicted molar refractivity (Wildman–Crippen MR) is 103 cm³/mol. The van der Waals surface area contributed by atoms with Crippen molar-refractivity contribution in [1.82, 2.24) is 0 Å². The van der Waals surface area contributed by atoms with Gasteiger partial charge >= 0.3 is 5.97 Å². The minimum Gasteiger partial charge on any atom is -0.423 e. The SMILES string of the molecule is CCCCCCCCCCCC=CC(=O)Oc1ccc(S(=O)(=O)O)cc1. The molecule has 0 saturated carbocycles. The number of hydrogen-bond donors (Lipinski definition) is 1. The molecule has 0 spiro atoms. The number of benzene rings is 1. The van der Waals surface area contributed by atoms with Crippen LogP contribution in [0.5, 0.6) is 5.75 Å². The fourth-order valence-corrected chi connectivity index (χ4v) is 3.06. The van der Waals surface area contributed by atoms with Crippen LogP contribution in [-0.4, -0.2) is 18.9 Å². The summed E-state index contributed by atoms with van der Waals surface area (Å²) in [5, 5.41) is 0. The Morgan fingerprint density at radius 2 is 1.50 bits per heavy atom. The van der Waals surface area contributed by atoms with Gasteiger partial charge in [-0.1, -0.05) is 64.4 Å². The normalized spacial score (nSPS) is 11.8. The van der Waals surface area contributed by atoms with Gasteiger partial charge in [-0.25, -0.2) is 4.79 Å². The van der Waals surface area contributed by atoms with Crippen LogP contribution in [0.1, 0.15) is 71.1 Å². The number of carbonyl (C=O) groups excluding carboxylic acids is 1. The Balaban J connectivity index is 2.14. The molecule has 0 aliphatic rings. The molecule has 0 bridgehead atoms. The van der Waals surface area contributed by atoms with Gasteiger partial charge in [0.25, 0.3) is 10.1 Å². The summed E-state index contributed by atoms with van der Waals surface area (Å²) in [6.45, 7) is 2.23. The lowest BCUT2D eigenvalue weighted by molar-refractivity contribution is -0.129. The third kappa shape index (κ3) is 10.4. The zero-order valence-electron chi connectivity index (χ0n) is 15.5. The highest BCUT2D eigenvalue weighted by Crippen LogP contribution is 2.16. The number of unbranched alkanes of at least 4 members (excludes halogenated alkanes) is 9. The van der Waals surface area contributed by atoms with Crippen molar-refractivity contribution in [2.45, 2.75) is 76.0 Å². The van der Waals surface area contributed by atoms with Gasteiger partial charge in [0.05, 0.1) is 4.90 Å². The van der Waals surface area contributed by atoms with Gasteiger partial charge in [0.1, 0.15) is 5.75 Å². The van der Waals surface area contributed by atoms with Gasteiger partial charge in [0.15, 0.2) is 0 Å². The Labute approximate surface area is 157 Å². The summed E-state index contributed by atoms with van der Waals surface area (Å²) in [4.78, 5) is 11.4. The summed E-state index contributed by atoms with van der Waals surface area (Å²) in [5.74, 6) is -0.268. The average molecular weight is 383 g/mol. The lowest BCUT2D eigenvalue weighted by Gasteiger charge is -2.02. The van der Waals surface area contributed by atoms with Crippen LogP contribution >= 0.6 is 0 Å². The third-order valence-electron chi connectivity index (χ3n) is 4.07. The highest BCUT2D eigenvalue weighted by atomic mass is 32.2. The van der Waals surface area contributed by atoms with Crippen LogP contribution in [0.25, 0.3) is 0 Å². The van der Waals surface area contributed by atoms with Crippen molar-refractivity contribution in [1.29, 1.82) is 0 Å². The van der Waals surface area contributed by atoms with E-state index in [-0.39, 0.29) is 10.6 Å². The molecule has 1 aromatic carbocycles. The van der Waals surface area contributed by atoms with Crippen molar-refractivity contribution < 1.29 is 22.5 Å². The number of allylic oxidation sites excluding steroid dienone is 1. The molecular formula is C20H30O5S. The molecule has 0 amide bonds.